The Morgan fingerprint density at radius 1 is 1.13 bits per heavy atom. The third-order valence-corrected chi connectivity index (χ3v) is 4.04. The van der Waals surface area contributed by atoms with Gasteiger partial charge in [-0.1, -0.05) is 0 Å². The van der Waals surface area contributed by atoms with Gasteiger partial charge in [0.1, 0.15) is 12.3 Å². The van der Waals surface area contributed by atoms with Crippen molar-refractivity contribution in [3.63, 3.8) is 0 Å². The smallest absolute Gasteiger partial charge is 0.243 e. The van der Waals surface area contributed by atoms with E-state index in [0.717, 1.165) is 5.76 Å². The molecule has 2 aromatic rings. The Hall–Kier alpha value is -2.63. The summed E-state index contributed by atoms with van der Waals surface area (Å²) in [6, 6.07) is 7.27. The summed E-state index contributed by atoms with van der Waals surface area (Å²) in [6.07, 6.45) is 2.30. The molecule has 2 rings (SSSR count). The van der Waals surface area contributed by atoms with Crippen molar-refractivity contribution in [3.8, 4) is 17.2 Å². The van der Waals surface area contributed by atoms with Crippen LogP contribution in [0, 0.1) is 0 Å². The molecule has 1 aromatic carbocycles. The third kappa shape index (κ3) is 7.32. The zero-order chi connectivity index (χ0) is 21.2. The number of halogens is 1. The van der Waals surface area contributed by atoms with Gasteiger partial charge in [0, 0.05) is 44.9 Å². The normalized spacial score (nSPS) is 10.6. The minimum absolute atomic E-state index is 0. The van der Waals surface area contributed by atoms with E-state index in [1.807, 2.05) is 12.1 Å². The van der Waals surface area contributed by atoms with Gasteiger partial charge in [-0.15, -0.1) is 24.0 Å². The fourth-order valence-electron chi connectivity index (χ4n) is 2.48. The van der Waals surface area contributed by atoms with E-state index in [-0.39, 0.29) is 36.4 Å². The lowest BCUT2D eigenvalue weighted by Crippen LogP contribution is -2.34. The van der Waals surface area contributed by atoms with Crippen molar-refractivity contribution in [3.05, 3.63) is 36.3 Å². The highest BCUT2D eigenvalue weighted by Crippen LogP contribution is 2.39. The van der Waals surface area contributed by atoms with Crippen molar-refractivity contribution < 1.29 is 23.4 Å². The second-order valence-corrected chi connectivity index (χ2v) is 6.25. The van der Waals surface area contributed by atoms with Crippen LogP contribution in [-0.4, -0.2) is 65.3 Å². The Labute approximate surface area is 193 Å². The number of benzene rings is 1. The van der Waals surface area contributed by atoms with E-state index in [2.05, 4.69) is 15.6 Å². The molecular formula is C20H29IN4O5. The number of amides is 1. The summed E-state index contributed by atoms with van der Waals surface area (Å²) >= 11 is 0. The minimum Gasteiger partial charge on any atom is -0.493 e. The third-order valence-electron chi connectivity index (χ3n) is 4.04. The molecule has 1 amide bonds. The van der Waals surface area contributed by atoms with Crippen molar-refractivity contribution in [2.45, 2.75) is 6.42 Å². The molecule has 0 atom stereocenters. The number of likely N-dealkylation sites (N-methyl/N-ethyl adjacent to an activating group) is 1. The summed E-state index contributed by atoms with van der Waals surface area (Å²) < 4.78 is 21.5. The Morgan fingerprint density at radius 3 is 2.30 bits per heavy atom. The van der Waals surface area contributed by atoms with Gasteiger partial charge in [-0.05, 0) is 12.1 Å². The molecule has 1 heterocycles. The molecule has 30 heavy (non-hydrogen) atoms. The standard InChI is InChI=1S/C20H28N4O5.HI/c1-24(2)18(25)13-22-20(21-9-8-15-7-6-10-29-15)23-14-11-16(26-3)19(28-5)17(12-14)27-4;/h6-7,10-12H,8-9,13H2,1-5H3,(H2,21,22,23);1H. The van der Waals surface area contributed by atoms with Gasteiger partial charge in [-0.3, -0.25) is 4.79 Å². The van der Waals surface area contributed by atoms with Gasteiger partial charge >= 0.3 is 0 Å². The van der Waals surface area contributed by atoms with E-state index in [9.17, 15) is 4.79 Å². The first-order valence-electron chi connectivity index (χ1n) is 9.06. The lowest BCUT2D eigenvalue weighted by molar-refractivity contribution is -0.127. The molecule has 2 N–H and O–H groups in total. The van der Waals surface area contributed by atoms with E-state index >= 15 is 0 Å². The van der Waals surface area contributed by atoms with E-state index < -0.39 is 0 Å². The van der Waals surface area contributed by atoms with Crippen LogP contribution in [-0.2, 0) is 11.2 Å². The van der Waals surface area contributed by atoms with E-state index in [1.165, 1.54) is 4.90 Å². The summed E-state index contributed by atoms with van der Waals surface area (Å²) in [4.78, 5) is 17.8. The van der Waals surface area contributed by atoms with Crippen LogP contribution in [0.25, 0.3) is 0 Å². The van der Waals surface area contributed by atoms with Gasteiger partial charge in [-0.2, -0.15) is 0 Å². The average Bonchev–Trinajstić information content (AvgIpc) is 3.24. The average molecular weight is 532 g/mol. The zero-order valence-electron chi connectivity index (χ0n) is 17.9. The largest absolute Gasteiger partial charge is 0.493 e. The maximum absolute atomic E-state index is 11.9. The number of nitrogens with one attached hydrogen (secondary N) is 2. The van der Waals surface area contributed by atoms with Crippen LogP contribution in [0.3, 0.4) is 0 Å². The summed E-state index contributed by atoms with van der Waals surface area (Å²) in [5.74, 6) is 2.70. The highest BCUT2D eigenvalue weighted by Gasteiger charge is 2.14. The van der Waals surface area contributed by atoms with Crippen LogP contribution in [0.2, 0.25) is 0 Å². The van der Waals surface area contributed by atoms with Gasteiger partial charge in [-0.25, -0.2) is 4.99 Å². The number of hydrogen-bond donors (Lipinski definition) is 2. The summed E-state index contributed by atoms with van der Waals surface area (Å²) in [6.45, 7) is 0.577. The quantitative estimate of drug-likeness (QED) is 0.291. The Bertz CT molecular complexity index is 800. The molecule has 0 bridgehead atoms. The molecule has 0 aliphatic heterocycles. The van der Waals surface area contributed by atoms with Gasteiger partial charge in [0.15, 0.2) is 17.5 Å². The molecule has 1 aromatic heterocycles. The number of nitrogens with zero attached hydrogens (tertiary/aromatic N) is 2. The van der Waals surface area contributed by atoms with E-state index in [0.29, 0.717) is 41.9 Å². The summed E-state index contributed by atoms with van der Waals surface area (Å²) in [7, 11) is 8.02. The first-order valence-corrected chi connectivity index (χ1v) is 9.06. The van der Waals surface area contributed by atoms with Crippen molar-refractivity contribution in [2.24, 2.45) is 4.99 Å². The second-order valence-electron chi connectivity index (χ2n) is 6.25. The second kappa shape index (κ2) is 12.8. The van der Waals surface area contributed by atoms with Gasteiger partial charge in [0.05, 0.1) is 27.6 Å². The molecule has 10 heteroatoms. The number of ether oxygens (including phenoxy) is 3. The van der Waals surface area contributed by atoms with Crippen LogP contribution in [0.4, 0.5) is 5.69 Å². The summed E-state index contributed by atoms with van der Waals surface area (Å²) in [5, 5.41) is 6.38. The molecule has 0 aliphatic carbocycles. The molecule has 0 radical (unpaired) electrons. The maximum atomic E-state index is 11.9. The number of carbonyl (C=O) groups excluding carboxylic acids is 1. The molecule has 166 valence electrons. The predicted octanol–water partition coefficient (Wildman–Crippen LogP) is 2.61. The number of rotatable bonds is 9. The molecule has 0 saturated heterocycles. The van der Waals surface area contributed by atoms with E-state index in [1.54, 1.807) is 53.8 Å². The number of guanidine groups is 1. The van der Waals surface area contributed by atoms with Crippen LogP contribution < -0.4 is 24.8 Å². The zero-order valence-corrected chi connectivity index (χ0v) is 20.2. The number of anilines is 1. The van der Waals surface area contributed by atoms with Crippen molar-refractivity contribution in [1.29, 1.82) is 0 Å². The number of furan rings is 1. The molecule has 0 spiro atoms. The molecule has 0 unspecified atom stereocenters. The Kier molecular flexibility index (Phi) is 10.9. The highest BCUT2D eigenvalue weighted by atomic mass is 127. The predicted molar refractivity (Wildman–Crippen MR) is 127 cm³/mol. The highest BCUT2D eigenvalue weighted by molar-refractivity contribution is 14.0. The van der Waals surface area contributed by atoms with Crippen molar-refractivity contribution >= 4 is 41.5 Å². The van der Waals surface area contributed by atoms with Crippen molar-refractivity contribution in [2.75, 3.05) is 53.8 Å². The molecular weight excluding hydrogens is 503 g/mol. The number of aliphatic imine (C=N–C) groups is 1. The van der Waals surface area contributed by atoms with Gasteiger partial charge in [0.2, 0.25) is 11.7 Å². The lowest BCUT2D eigenvalue weighted by Gasteiger charge is -2.17. The minimum atomic E-state index is -0.109. The Balaban J connectivity index is 0.00000450. The topological polar surface area (TPSA) is 97.6 Å². The fraction of sp³-hybridized carbons (Fsp3) is 0.400. The van der Waals surface area contributed by atoms with Crippen LogP contribution in [0.15, 0.2) is 39.9 Å². The number of hydrogen-bond acceptors (Lipinski definition) is 6. The van der Waals surface area contributed by atoms with Crippen LogP contribution >= 0.6 is 24.0 Å². The van der Waals surface area contributed by atoms with E-state index in [4.69, 9.17) is 18.6 Å². The Morgan fingerprint density at radius 2 is 1.80 bits per heavy atom. The SMILES string of the molecule is COc1cc(NC(=NCC(=O)N(C)C)NCCc2ccco2)cc(OC)c1OC.I. The summed E-state index contributed by atoms with van der Waals surface area (Å²) in [5.41, 5.74) is 0.668. The first kappa shape index (κ1) is 25.4. The van der Waals surface area contributed by atoms with Crippen molar-refractivity contribution in [1.82, 2.24) is 10.2 Å². The fourth-order valence-corrected chi connectivity index (χ4v) is 2.48. The molecule has 0 aliphatic rings. The molecule has 0 saturated carbocycles. The first-order chi connectivity index (χ1) is 14.0. The van der Waals surface area contributed by atoms with Gasteiger partial charge < -0.3 is 34.2 Å². The molecule has 9 nitrogen and oxygen atoms in total. The number of carbonyl (C=O) groups is 1. The molecule has 0 fully saturated rings. The maximum Gasteiger partial charge on any atom is 0.243 e. The number of methoxy groups -OCH3 is 3. The van der Waals surface area contributed by atoms with Gasteiger partial charge in [0.25, 0.3) is 0 Å². The van der Waals surface area contributed by atoms with Crippen LogP contribution in [0.5, 0.6) is 17.2 Å². The monoisotopic (exact) mass is 532 g/mol. The van der Waals surface area contributed by atoms with Crippen LogP contribution in [0.1, 0.15) is 5.76 Å². The lowest BCUT2D eigenvalue weighted by atomic mass is 10.2.